The molecule has 2 unspecified atom stereocenters. The van der Waals surface area contributed by atoms with Crippen LogP contribution in [0.3, 0.4) is 0 Å². The highest BCUT2D eigenvalue weighted by Crippen LogP contribution is 2.39. The van der Waals surface area contributed by atoms with Crippen molar-refractivity contribution in [3.63, 3.8) is 0 Å². The summed E-state index contributed by atoms with van der Waals surface area (Å²) in [6.45, 7) is 2.83. The summed E-state index contributed by atoms with van der Waals surface area (Å²) in [7, 11) is 1.58. The smallest absolute Gasteiger partial charge is 0.228 e. The van der Waals surface area contributed by atoms with Crippen molar-refractivity contribution < 1.29 is 14.3 Å². The molecular formula is C15H19ClN2O3. The molecule has 114 valence electrons. The molecular weight excluding hydrogens is 292 g/mol. The molecule has 5 nitrogen and oxygen atoms in total. The SMILES string of the molecule is COCCNC(=O)C1CC1C(=O)Nc1ccc(C)c(Cl)c1. The number of methoxy groups -OCH3 is 1. The van der Waals surface area contributed by atoms with Gasteiger partial charge in [0.25, 0.3) is 0 Å². The van der Waals surface area contributed by atoms with E-state index in [1.807, 2.05) is 13.0 Å². The summed E-state index contributed by atoms with van der Waals surface area (Å²) in [5.41, 5.74) is 1.61. The van der Waals surface area contributed by atoms with Crippen LogP contribution in [0.4, 0.5) is 5.69 Å². The minimum Gasteiger partial charge on any atom is -0.383 e. The largest absolute Gasteiger partial charge is 0.383 e. The lowest BCUT2D eigenvalue weighted by molar-refractivity contribution is -0.125. The number of hydrogen-bond acceptors (Lipinski definition) is 3. The Bertz CT molecular complexity index is 548. The predicted octanol–water partition coefficient (Wildman–Crippen LogP) is 1.99. The van der Waals surface area contributed by atoms with Crippen molar-refractivity contribution in [1.29, 1.82) is 0 Å². The van der Waals surface area contributed by atoms with E-state index < -0.39 is 0 Å². The lowest BCUT2D eigenvalue weighted by Crippen LogP contribution is -2.30. The molecule has 0 heterocycles. The van der Waals surface area contributed by atoms with E-state index in [0.29, 0.717) is 30.3 Å². The molecule has 1 saturated carbocycles. The number of hydrogen-bond donors (Lipinski definition) is 2. The number of nitrogens with one attached hydrogen (secondary N) is 2. The Labute approximate surface area is 129 Å². The second-order valence-electron chi connectivity index (χ2n) is 5.19. The molecule has 0 spiro atoms. The Hall–Kier alpha value is -1.59. The van der Waals surface area contributed by atoms with Gasteiger partial charge in [-0.3, -0.25) is 9.59 Å². The number of halogens is 1. The maximum absolute atomic E-state index is 12.1. The second-order valence-corrected chi connectivity index (χ2v) is 5.59. The van der Waals surface area contributed by atoms with Gasteiger partial charge < -0.3 is 15.4 Å². The Morgan fingerprint density at radius 3 is 2.71 bits per heavy atom. The van der Waals surface area contributed by atoms with Crippen molar-refractivity contribution in [2.75, 3.05) is 25.6 Å². The van der Waals surface area contributed by atoms with Crippen LogP contribution in [-0.4, -0.2) is 32.1 Å². The van der Waals surface area contributed by atoms with E-state index in [2.05, 4.69) is 10.6 Å². The van der Waals surface area contributed by atoms with Gasteiger partial charge in [-0.15, -0.1) is 0 Å². The zero-order chi connectivity index (χ0) is 15.4. The third-order valence-electron chi connectivity index (χ3n) is 3.51. The van der Waals surface area contributed by atoms with Gasteiger partial charge in [0, 0.05) is 24.4 Å². The first-order valence-electron chi connectivity index (χ1n) is 6.86. The molecule has 0 aromatic heterocycles. The van der Waals surface area contributed by atoms with Crippen LogP contribution in [0.25, 0.3) is 0 Å². The van der Waals surface area contributed by atoms with Crippen LogP contribution in [0, 0.1) is 18.8 Å². The number of rotatable bonds is 6. The molecule has 1 aliphatic rings. The van der Waals surface area contributed by atoms with Crippen LogP contribution in [0.5, 0.6) is 0 Å². The van der Waals surface area contributed by atoms with E-state index in [1.54, 1.807) is 19.2 Å². The summed E-state index contributed by atoms with van der Waals surface area (Å²) in [5.74, 6) is -0.716. The van der Waals surface area contributed by atoms with Crippen LogP contribution in [-0.2, 0) is 14.3 Å². The molecule has 1 aromatic carbocycles. The number of anilines is 1. The first-order chi connectivity index (χ1) is 10.0. The predicted molar refractivity (Wildman–Crippen MR) is 81.3 cm³/mol. The number of carbonyl (C=O) groups excluding carboxylic acids is 2. The molecule has 0 saturated heterocycles. The molecule has 2 N–H and O–H groups in total. The van der Waals surface area contributed by atoms with E-state index in [4.69, 9.17) is 16.3 Å². The number of carbonyl (C=O) groups is 2. The maximum Gasteiger partial charge on any atom is 0.228 e. The van der Waals surface area contributed by atoms with Gasteiger partial charge in [-0.05, 0) is 31.0 Å². The van der Waals surface area contributed by atoms with Crippen LogP contribution in [0.2, 0.25) is 5.02 Å². The monoisotopic (exact) mass is 310 g/mol. The average molecular weight is 311 g/mol. The van der Waals surface area contributed by atoms with Gasteiger partial charge in [-0.1, -0.05) is 17.7 Å². The Morgan fingerprint density at radius 2 is 2.05 bits per heavy atom. The fourth-order valence-corrected chi connectivity index (χ4v) is 2.27. The maximum atomic E-state index is 12.1. The summed E-state index contributed by atoms with van der Waals surface area (Å²) in [6, 6.07) is 5.36. The van der Waals surface area contributed by atoms with Gasteiger partial charge in [0.1, 0.15) is 0 Å². The number of benzene rings is 1. The summed E-state index contributed by atoms with van der Waals surface area (Å²) in [6.07, 6.45) is 0.588. The Kier molecular flexibility index (Phi) is 5.20. The molecule has 2 amide bonds. The lowest BCUT2D eigenvalue weighted by atomic mass is 10.2. The molecule has 0 aliphatic heterocycles. The van der Waals surface area contributed by atoms with E-state index in [0.717, 1.165) is 5.56 Å². The Morgan fingerprint density at radius 1 is 1.33 bits per heavy atom. The van der Waals surface area contributed by atoms with E-state index in [1.165, 1.54) is 0 Å². The van der Waals surface area contributed by atoms with E-state index in [-0.39, 0.29) is 23.7 Å². The van der Waals surface area contributed by atoms with Crippen LogP contribution in [0.1, 0.15) is 12.0 Å². The summed E-state index contributed by atoms with van der Waals surface area (Å²) >= 11 is 6.02. The quantitative estimate of drug-likeness (QED) is 0.790. The highest BCUT2D eigenvalue weighted by molar-refractivity contribution is 6.31. The summed E-state index contributed by atoms with van der Waals surface area (Å²) in [4.78, 5) is 23.8. The molecule has 21 heavy (non-hydrogen) atoms. The number of ether oxygens (including phenoxy) is 1. The standard InChI is InChI=1S/C15H19ClN2O3/c1-9-3-4-10(7-13(9)16)18-15(20)12-8-11(12)14(19)17-5-6-21-2/h3-4,7,11-12H,5-6,8H2,1-2H3,(H,17,19)(H,18,20). The highest BCUT2D eigenvalue weighted by atomic mass is 35.5. The van der Waals surface area contributed by atoms with E-state index in [9.17, 15) is 9.59 Å². The van der Waals surface area contributed by atoms with Crippen molar-refractivity contribution in [3.05, 3.63) is 28.8 Å². The first kappa shape index (κ1) is 15.8. The molecule has 6 heteroatoms. The van der Waals surface area contributed by atoms with Crippen molar-refractivity contribution in [3.8, 4) is 0 Å². The van der Waals surface area contributed by atoms with Crippen LogP contribution in [0.15, 0.2) is 18.2 Å². The third-order valence-corrected chi connectivity index (χ3v) is 3.92. The lowest BCUT2D eigenvalue weighted by Gasteiger charge is -2.07. The molecule has 2 atom stereocenters. The van der Waals surface area contributed by atoms with Crippen LogP contribution >= 0.6 is 11.6 Å². The van der Waals surface area contributed by atoms with Gasteiger partial charge in [-0.25, -0.2) is 0 Å². The van der Waals surface area contributed by atoms with E-state index >= 15 is 0 Å². The topological polar surface area (TPSA) is 67.4 Å². The minimum absolute atomic E-state index is 0.0888. The van der Waals surface area contributed by atoms with Gasteiger partial charge in [-0.2, -0.15) is 0 Å². The van der Waals surface area contributed by atoms with Gasteiger partial charge in [0.05, 0.1) is 18.4 Å². The highest BCUT2D eigenvalue weighted by Gasteiger charge is 2.47. The molecule has 2 rings (SSSR count). The number of aryl methyl sites for hydroxylation is 1. The van der Waals surface area contributed by atoms with Crippen LogP contribution < -0.4 is 10.6 Å². The van der Waals surface area contributed by atoms with Gasteiger partial charge >= 0.3 is 0 Å². The summed E-state index contributed by atoms with van der Waals surface area (Å²) in [5, 5.41) is 6.15. The molecule has 0 bridgehead atoms. The molecule has 1 aromatic rings. The number of amides is 2. The molecule has 1 fully saturated rings. The summed E-state index contributed by atoms with van der Waals surface area (Å²) < 4.78 is 4.86. The first-order valence-corrected chi connectivity index (χ1v) is 7.24. The molecule has 0 radical (unpaired) electrons. The third kappa shape index (κ3) is 4.19. The zero-order valence-corrected chi connectivity index (χ0v) is 12.9. The Balaban J connectivity index is 1.82. The normalized spacial score (nSPS) is 20.0. The fourth-order valence-electron chi connectivity index (χ4n) is 2.09. The van der Waals surface area contributed by atoms with Gasteiger partial charge in [0.15, 0.2) is 0 Å². The molecule has 1 aliphatic carbocycles. The van der Waals surface area contributed by atoms with Crippen molar-refractivity contribution in [1.82, 2.24) is 5.32 Å². The van der Waals surface area contributed by atoms with Crippen molar-refractivity contribution >= 4 is 29.1 Å². The van der Waals surface area contributed by atoms with Crippen molar-refractivity contribution in [2.24, 2.45) is 11.8 Å². The minimum atomic E-state index is -0.257. The van der Waals surface area contributed by atoms with Gasteiger partial charge in [0.2, 0.25) is 11.8 Å². The fraction of sp³-hybridized carbons (Fsp3) is 0.467. The zero-order valence-electron chi connectivity index (χ0n) is 12.1. The second kappa shape index (κ2) is 6.91. The average Bonchev–Trinajstić information content (AvgIpc) is 3.23. The van der Waals surface area contributed by atoms with Crippen molar-refractivity contribution in [2.45, 2.75) is 13.3 Å².